The molecule has 0 saturated carbocycles. The number of nitrogens with zero attached hydrogens (tertiary/aromatic N) is 2. The minimum Gasteiger partial charge on any atom is -0.456 e. The van der Waals surface area contributed by atoms with Crippen LogP contribution in [0.15, 0.2) is 203 Å². The molecule has 0 saturated heterocycles. The predicted octanol–water partition coefficient (Wildman–Crippen LogP) is 15.7. The summed E-state index contributed by atoms with van der Waals surface area (Å²) in [5.74, 6) is 0.604. The summed E-state index contributed by atoms with van der Waals surface area (Å²) in [5, 5.41) is 7.00. The number of benzene rings is 9. The maximum atomic E-state index is 6.45. The van der Waals surface area contributed by atoms with Crippen LogP contribution in [0.3, 0.4) is 0 Å². The first-order valence-corrected chi connectivity index (χ1v) is 20.3. The molecule has 4 nitrogen and oxygen atoms in total. The van der Waals surface area contributed by atoms with E-state index in [0.29, 0.717) is 5.89 Å². The molecular weight excluding hydrogens is 729 g/mol. The zero-order valence-corrected chi connectivity index (χ0v) is 31.9. The second kappa shape index (κ2) is 13.1. The smallest absolute Gasteiger partial charge is 0.227 e. The predicted molar refractivity (Wildman–Crippen MR) is 243 cm³/mol. The molecule has 0 unspecified atom stereocenters. The molecule has 0 spiro atoms. The molecule has 0 amide bonds. The molecule has 0 aliphatic heterocycles. The van der Waals surface area contributed by atoms with E-state index in [1.807, 2.05) is 53.8 Å². The van der Waals surface area contributed by atoms with Gasteiger partial charge in [0.2, 0.25) is 5.89 Å². The first-order chi connectivity index (χ1) is 28.7. The Hall–Kier alpha value is -7.47. The number of furan rings is 1. The highest BCUT2D eigenvalue weighted by Gasteiger charge is 2.20. The molecule has 0 atom stereocenters. The minimum atomic E-state index is 0.604. The van der Waals surface area contributed by atoms with Crippen LogP contribution < -0.4 is 4.90 Å². The topological polar surface area (TPSA) is 42.4 Å². The summed E-state index contributed by atoms with van der Waals surface area (Å²) in [6.07, 6.45) is 0. The fraction of sp³-hybridized carbons (Fsp3) is 0. The van der Waals surface area contributed by atoms with Gasteiger partial charge >= 0.3 is 0 Å². The lowest BCUT2D eigenvalue weighted by molar-refractivity contribution is 0.622. The van der Waals surface area contributed by atoms with Gasteiger partial charge in [-0.25, -0.2) is 4.98 Å². The molecule has 0 aliphatic carbocycles. The molecule has 9 aromatic carbocycles. The molecule has 3 aromatic heterocycles. The minimum absolute atomic E-state index is 0.604. The number of anilines is 3. The van der Waals surface area contributed by atoms with Crippen molar-refractivity contribution in [3.8, 4) is 33.7 Å². The third-order valence-corrected chi connectivity index (χ3v) is 12.5. The third-order valence-electron chi connectivity index (χ3n) is 11.3. The average Bonchev–Trinajstić information content (AvgIpc) is 4.01. The first-order valence-electron chi connectivity index (χ1n) is 19.4. The van der Waals surface area contributed by atoms with Gasteiger partial charge in [0, 0.05) is 37.8 Å². The Balaban J connectivity index is 0.949. The van der Waals surface area contributed by atoms with Crippen LogP contribution in [0.1, 0.15) is 0 Å². The molecule has 58 heavy (non-hydrogen) atoms. The lowest BCUT2D eigenvalue weighted by atomic mass is 9.98. The quantitative estimate of drug-likeness (QED) is 0.169. The summed E-state index contributed by atoms with van der Waals surface area (Å²) >= 11 is 1.85. The van der Waals surface area contributed by atoms with Gasteiger partial charge < -0.3 is 13.7 Å². The first kappa shape index (κ1) is 32.7. The van der Waals surface area contributed by atoms with Crippen molar-refractivity contribution in [2.45, 2.75) is 0 Å². The van der Waals surface area contributed by atoms with Gasteiger partial charge in [0.25, 0.3) is 0 Å². The highest BCUT2D eigenvalue weighted by atomic mass is 32.1. The summed E-state index contributed by atoms with van der Waals surface area (Å²) in [4.78, 5) is 7.19. The molecule has 5 heteroatoms. The van der Waals surface area contributed by atoms with Crippen molar-refractivity contribution in [2.75, 3.05) is 4.90 Å². The van der Waals surface area contributed by atoms with Gasteiger partial charge in [-0.2, -0.15) is 0 Å². The fourth-order valence-corrected chi connectivity index (χ4v) is 9.74. The highest BCUT2D eigenvalue weighted by Crippen LogP contribution is 2.46. The van der Waals surface area contributed by atoms with Gasteiger partial charge in [0.05, 0.1) is 15.8 Å². The van der Waals surface area contributed by atoms with E-state index in [2.05, 4.69) is 157 Å². The molecule has 12 rings (SSSR count). The van der Waals surface area contributed by atoms with Crippen LogP contribution >= 0.6 is 11.3 Å². The Bertz CT molecular complexity index is 3500. The Labute approximate surface area is 337 Å². The third kappa shape index (κ3) is 5.25. The average molecular weight is 761 g/mol. The lowest BCUT2D eigenvalue weighted by Crippen LogP contribution is -2.10. The maximum absolute atomic E-state index is 6.45. The molecule has 3 heterocycles. The molecule has 0 aliphatic rings. The zero-order chi connectivity index (χ0) is 38.2. The van der Waals surface area contributed by atoms with E-state index in [9.17, 15) is 0 Å². The number of hydrogen-bond acceptors (Lipinski definition) is 5. The molecular formula is C53H32N2O2S. The van der Waals surface area contributed by atoms with Crippen molar-refractivity contribution in [1.82, 2.24) is 4.98 Å². The highest BCUT2D eigenvalue weighted by molar-refractivity contribution is 7.26. The van der Waals surface area contributed by atoms with E-state index in [1.54, 1.807) is 0 Å². The summed E-state index contributed by atoms with van der Waals surface area (Å²) in [6, 6.07) is 68.8. The van der Waals surface area contributed by atoms with Crippen LogP contribution in [0, 0.1) is 0 Å². The van der Waals surface area contributed by atoms with Crippen molar-refractivity contribution in [3.63, 3.8) is 0 Å². The van der Waals surface area contributed by atoms with Crippen LogP contribution in [0.4, 0.5) is 17.1 Å². The van der Waals surface area contributed by atoms with E-state index in [4.69, 9.17) is 13.8 Å². The summed E-state index contributed by atoms with van der Waals surface area (Å²) in [7, 11) is 0. The van der Waals surface area contributed by atoms with Gasteiger partial charge in [0.15, 0.2) is 5.58 Å². The van der Waals surface area contributed by atoms with Crippen LogP contribution in [0.2, 0.25) is 0 Å². The van der Waals surface area contributed by atoms with Gasteiger partial charge in [0.1, 0.15) is 16.7 Å². The Kier molecular flexibility index (Phi) is 7.37. The normalized spacial score (nSPS) is 11.8. The van der Waals surface area contributed by atoms with E-state index >= 15 is 0 Å². The van der Waals surface area contributed by atoms with Gasteiger partial charge in [-0.1, -0.05) is 121 Å². The van der Waals surface area contributed by atoms with Crippen LogP contribution in [0.5, 0.6) is 0 Å². The van der Waals surface area contributed by atoms with E-state index in [0.717, 1.165) is 66.8 Å². The molecule has 0 N–H and O–H groups in total. The van der Waals surface area contributed by atoms with Crippen molar-refractivity contribution in [1.29, 1.82) is 0 Å². The SMILES string of the molecule is c1ccc(-c2nc3ccc4oc5cc(-c6ccc(N(c7ccc(-c8cccc9ccccc89)cc7)c7cccc8c7sc7ccccc78)cc6)ccc5c4c3o2)cc1. The van der Waals surface area contributed by atoms with Crippen LogP contribution in [-0.4, -0.2) is 4.98 Å². The number of aromatic nitrogens is 1. The second-order valence-corrected chi connectivity index (χ2v) is 15.7. The summed E-state index contributed by atoms with van der Waals surface area (Å²) in [6.45, 7) is 0. The molecule has 272 valence electrons. The summed E-state index contributed by atoms with van der Waals surface area (Å²) < 4.78 is 15.4. The van der Waals surface area contributed by atoms with Crippen molar-refractivity contribution in [2.24, 2.45) is 0 Å². The summed E-state index contributed by atoms with van der Waals surface area (Å²) in [5.41, 5.74) is 12.0. The number of thiophene rings is 1. The van der Waals surface area contributed by atoms with Crippen LogP contribution in [0.25, 0.3) is 97.7 Å². The number of oxazole rings is 1. The lowest BCUT2D eigenvalue weighted by Gasteiger charge is -2.26. The molecule has 0 fully saturated rings. The van der Waals surface area contributed by atoms with Gasteiger partial charge in [-0.05, 0) is 106 Å². The van der Waals surface area contributed by atoms with Crippen molar-refractivity contribution >= 4 is 92.4 Å². The monoisotopic (exact) mass is 760 g/mol. The zero-order valence-electron chi connectivity index (χ0n) is 31.1. The van der Waals surface area contributed by atoms with Crippen molar-refractivity contribution < 1.29 is 8.83 Å². The van der Waals surface area contributed by atoms with E-state index in [1.165, 1.54) is 42.1 Å². The Morgan fingerprint density at radius 1 is 0.448 bits per heavy atom. The Morgan fingerprint density at radius 3 is 1.98 bits per heavy atom. The molecule has 0 radical (unpaired) electrons. The molecule has 12 aromatic rings. The fourth-order valence-electron chi connectivity index (χ4n) is 8.54. The number of hydrogen-bond donors (Lipinski definition) is 0. The second-order valence-electron chi connectivity index (χ2n) is 14.7. The van der Waals surface area contributed by atoms with Gasteiger partial charge in [-0.15, -0.1) is 11.3 Å². The van der Waals surface area contributed by atoms with E-state index in [-0.39, 0.29) is 0 Å². The number of fused-ring (bicyclic) bond motifs is 9. The van der Waals surface area contributed by atoms with Crippen molar-refractivity contribution in [3.05, 3.63) is 194 Å². The van der Waals surface area contributed by atoms with E-state index < -0.39 is 0 Å². The largest absolute Gasteiger partial charge is 0.456 e. The maximum Gasteiger partial charge on any atom is 0.227 e. The number of rotatable bonds is 6. The van der Waals surface area contributed by atoms with Crippen LogP contribution in [-0.2, 0) is 0 Å². The molecule has 0 bridgehead atoms. The van der Waals surface area contributed by atoms with Gasteiger partial charge in [-0.3, -0.25) is 0 Å². The standard InChI is InChI=1S/C53H32N2O2S/c1-2-11-36(12-3-1)53-54-45-30-31-47-50(51(45)57-53)44-29-24-37(32-48(44)56-47)33-20-25-38(26-21-33)55(46-18-9-17-43-42-15-6-7-19-49(42)58-52(43)46)39-27-22-35(23-28-39)41-16-8-13-34-10-4-5-14-40(34)41/h1-32H. The Morgan fingerprint density at radius 2 is 1.14 bits per heavy atom.